The van der Waals surface area contributed by atoms with Gasteiger partial charge in [-0.3, -0.25) is 0 Å². The van der Waals surface area contributed by atoms with Crippen LogP contribution in [0.2, 0.25) is 5.28 Å². The lowest BCUT2D eigenvalue weighted by atomic mass is 10.0. The Morgan fingerprint density at radius 3 is 3.00 bits per heavy atom. The van der Waals surface area contributed by atoms with Gasteiger partial charge in [0, 0.05) is 6.54 Å². The van der Waals surface area contributed by atoms with E-state index in [-0.39, 0.29) is 0 Å². The van der Waals surface area contributed by atoms with E-state index in [2.05, 4.69) is 28.3 Å². The van der Waals surface area contributed by atoms with Crippen LogP contribution in [0.25, 0.3) is 10.2 Å². The highest BCUT2D eigenvalue weighted by molar-refractivity contribution is 7.16. The third kappa shape index (κ3) is 2.31. The number of nitrogens with one attached hydrogen (secondary N) is 1. The molecule has 3 rings (SSSR count). The first-order valence-corrected chi connectivity index (χ1v) is 7.63. The van der Waals surface area contributed by atoms with Crippen molar-refractivity contribution < 1.29 is 0 Å². The molecule has 96 valence electrons. The van der Waals surface area contributed by atoms with E-state index in [0.717, 1.165) is 22.6 Å². The van der Waals surface area contributed by atoms with E-state index in [1.54, 1.807) is 11.3 Å². The van der Waals surface area contributed by atoms with Crippen LogP contribution in [0.15, 0.2) is 11.4 Å². The summed E-state index contributed by atoms with van der Waals surface area (Å²) in [5.74, 6) is 0.883. The van der Waals surface area contributed by atoms with Gasteiger partial charge in [-0.2, -0.15) is 0 Å². The molecule has 0 aromatic carbocycles. The van der Waals surface area contributed by atoms with E-state index in [1.165, 1.54) is 25.7 Å². The van der Waals surface area contributed by atoms with Crippen LogP contribution in [-0.2, 0) is 0 Å². The minimum absolute atomic E-state index is 0.327. The molecule has 1 aliphatic rings. The van der Waals surface area contributed by atoms with Crippen LogP contribution >= 0.6 is 22.9 Å². The van der Waals surface area contributed by atoms with Crippen LogP contribution in [0.4, 0.5) is 5.82 Å². The van der Waals surface area contributed by atoms with Crippen LogP contribution in [0, 0.1) is 5.41 Å². The molecule has 0 aliphatic heterocycles. The predicted octanol–water partition coefficient (Wildman–Crippen LogP) is 4.34. The highest BCUT2D eigenvalue weighted by atomic mass is 35.5. The first kappa shape index (κ1) is 12.2. The van der Waals surface area contributed by atoms with Crippen molar-refractivity contribution in [1.82, 2.24) is 9.97 Å². The van der Waals surface area contributed by atoms with Crippen molar-refractivity contribution in [2.45, 2.75) is 32.6 Å². The Kier molecular flexibility index (Phi) is 3.16. The summed E-state index contributed by atoms with van der Waals surface area (Å²) in [5.41, 5.74) is 0.508. The molecule has 0 radical (unpaired) electrons. The van der Waals surface area contributed by atoms with Gasteiger partial charge in [-0.05, 0) is 47.7 Å². The number of halogens is 1. The lowest BCUT2D eigenvalue weighted by molar-refractivity contribution is 0.485. The second kappa shape index (κ2) is 4.67. The molecule has 1 saturated carbocycles. The van der Waals surface area contributed by atoms with E-state index in [1.807, 2.05) is 5.38 Å². The normalized spacial score (nSPS) is 17.0. The van der Waals surface area contributed by atoms with Gasteiger partial charge in [-0.25, -0.2) is 9.97 Å². The van der Waals surface area contributed by atoms with Gasteiger partial charge < -0.3 is 5.32 Å². The van der Waals surface area contributed by atoms with Crippen molar-refractivity contribution in [2.75, 3.05) is 11.9 Å². The number of nitrogens with zero attached hydrogens (tertiary/aromatic N) is 2. The second-order valence-corrected chi connectivity index (χ2v) is 6.32. The fraction of sp³-hybridized carbons (Fsp3) is 0.538. The summed E-state index contributed by atoms with van der Waals surface area (Å²) in [5, 5.41) is 6.91. The smallest absolute Gasteiger partial charge is 0.225 e. The fourth-order valence-electron chi connectivity index (χ4n) is 2.46. The predicted molar refractivity (Wildman–Crippen MR) is 77.5 cm³/mol. The molecule has 18 heavy (non-hydrogen) atoms. The number of aromatic nitrogens is 2. The van der Waals surface area contributed by atoms with Gasteiger partial charge in [-0.1, -0.05) is 13.3 Å². The van der Waals surface area contributed by atoms with Crippen LogP contribution in [-0.4, -0.2) is 16.5 Å². The molecule has 0 unspecified atom stereocenters. The molecule has 1 fully saturated rings. The van der Waals surface area contributed by atoms with Gasteiger partial charge in [0.15, 0.2) is 0 Å². The second-order valence-electron chi connectivity index (χ2n) is 5.08. The SMILES string of the molecule is CCCC1(CNc2nc(Cl)nc3sccc23)CC1. The molecular weight excluding hydrogens is 266 g/mol. The summed E-state index contributed by atoms with van der Waals surface area (Å²) >= 11 is 7.55. The van der Waals surface area contributed by atoms with Gasteiger partial charge >= 0.3 is 0 Å². The maximum atomic E-state index is 5.95. The molecule has 3 nitrogen and oxygen atoms in total. The third-order valence-electron chi connectivity index (χ3n) is 3.67. The summed E-state index contributed by atoms with van der Waals surface area (Å²) in [6.07, 6.45) is 5.21. The third-order valence-corrected chi connectivity index (χ3v) is 4.64. The monoisotopic (exact) mass is 281 g/mol. The fourth-order valence-corrected chi connectivity index (χ4v) is 3.44. The summed E-state index contributed by atoms with van der Waals surface area (Å²) in [6, 6.07) is 2.05. The molecule has 1 N–H and O–H groups in total. The van der Waals surface area contributed by atoms with Crippen molar-refractivity contribution in [3.05, 3.63) is 16.7 Å². The summed E-state index contributed by atoms with van der Waals surface area (Å²) < 4.78 is 0. The lowest BCUT2D eigenvalue weighted by Gasteiger charge is -2.15. The Labute approximate surface area is 116 Å². The molecular formula is C13H16ClN3S. The van der Waals surface area contributed by atoms with Crippen LogP contribution < -0.4 is 5.32 Å². The average molecular weight is 282 g/mol. The van der Waals surface area contributed by atoms with Crippen molar-refractivity contribution in [1.29, 1.82) is 0 Å². The van der Waals surface area contributed by atoms with E-state index >= 15 is 0 Å². The molecule has 0 bridgehead atoms. The van der Waals surface area contributed by atoms with Crippen LogP contribution in [0.1, 0.15) is 32.6 Å². The van der Waals surface area contributed by atoms with Crippen molar-refractivity contribution in [2.24, 2.45) is 5.41 Å². The number of hydrogen-bond acceptors (Lipinski definition) is 4. The highest BCUT2D eigenvalue weighted by Crippen LogP contribution is 2.49. The largest absolute Gasteiger partial charge is 0.369 e. The van der Waals surface area contributed by atoms with E-state index in [4.69, 9.17) is 11.6 Å². The van der Waals surface area contributed by atoms with E-state index in [0.29, 0.717) is 10.7 Å². The molecule has 1 aliphatic carbocycles. The molecule has 2 heterocycles. The topological polar surface area (TPSA) is 37.8 Å². The summed E-state index contributed by atoms with van der Waals surface area (Å²) in [7, 11) is 0. The summed E-state index contributed by atoms with van der Waals surface area (Å²) in [6.45, 7) is 3.25. The maximum absolute atomic E-state index is 5.95. The molecule has 0 amide bonds. The van der Waals surface area contributed by atoms with Crippen molar-refractivity contribution in [3.63, 3.8) is 0 Å². The lowest BCUT2D eigenvalue weighted by Crippen LogP contribution is -2.16. The zero-order chi connectivity index (χ0) is 12.6. The quantitative estimate of drug-likeness (QED) is 0.829. The van der Waals surface area contributed by atoms with Gasteiger partial charge in [-0.15, -0.1) is 11.3 Å². The zero-order valence-electron chi connectivity index (χ0n) is 10.4. The standard InChI is InChI=1S/C13H16ClN3S/c1-2-4-13(5-6-13)8-15-10-9-3-7-18-11(9)17-12(14)16-10/h3,7H,2,4-6,8H2,1H3,(H,15,16,17). The highest BCUT2D eigenvalue weighted by Gasteiger charge is 2.41. The van der Waals surface area contributed by atoms with Gasteiger partial charge in [0.05, 0.1) is 5.39 Å². The maximum Gasteiger partial charge on any atom is 0.225 e. The molecule has 0 saturated heterocycles. The number of thiophene rings is 1. The molecule has 5 heteroatoms. The number of fused-ring (bicyclic) bond motifs is 1. The molecule has 2 aromatic heterocycles. The van der Waals surface area contributed by atoms with Crippen molar-refractivity contribution in [3.8, 4) is 0 Å². The first-order chi connectivity index (χ1) is 8.72. The van der Waals surface area contributed by atoms with E-state index < -0.39 is 0 Å². The molecule has 0 spiro atoms. The van der Waals surface area contributed by atoms with E-state index in [9.17, 15) is 0 Å². The first-order valence-electron chi connectivity index (χ1n) is 6.37. The average Bonchev–Trinajstić information content (AvgIpc) is 2.94. The van der Waals surface area contributed by atoms with Gasteiger partial charge in [0.1, 0.15) is 10.6 Å². The van der Waals surface area contributed by atoms with Gasteiger partial charge in [0.2, 0.25) is 5.28 Å². The molecule has 0 atom stereocenters. The Morgan fingerprint density at radius 2 is 2.28 bits per heavy atom. The Balaban J connectivity index is 1.80. The Bertz CT molecular complexity index is 562. The van der Waals surface area contributed by atoms with Crippen LogP contribution in [0.5, 0.6) is 0 Å². The van der Waals surface area contributed by atoms with Crippen LogP contribution in [0.3, 0.4) is 0 Å². The molecule has 2 aromatic rings. The minimum Gasteiger partial charge on any atom is -0.369 e. The minimum atomic E-state index is 0.327. The number of anilines is 1. The zero-order valence-corrected chi connectivity index (χ0v) is 11.9. The van der Waals surface area contributed by atoms with Gasteiger partial charge in [0.25, 0.3) is 0 Å². The van der Waals surface area contributed by atoms with Crippen molar-refractivity contribution >= 4 is 39.0 Å². The Morgan fingerprint density at radius 1 is 1.44 bits per heavy atom. The Hall–Kier alpha value is -0.870. The summed E-state index contributed by atoms with van der Waals surface area (Å²) in [4.78, 5) is 9.50. The number of hydrogen-bond donors (Lipinski definition) is 1. The number of rotatable bonds is 5.